The van der Waals surface area contributed by atoms with E-state index in [1.54, 1.807) is 11.8 Å². The quantitative estimate of drug-likeness (QED) is 0.149. The van der Waals surface area contributed by atoms with Crippen LogP contribution in [-0.4, -0.2) is 120 Å². The van der Waals surface area contributed by atoms with Gasteiger partial charge in [0, 0.05) is 99.0 Å². The number of rotatable bonds is 9. The normalized spacial score (nSPS) is 16.7. The van der Waals surface area contributed by atoms with E-state index >= 15 is 0 Å². The molecule has 1 aromatic carbocycles. The molecule has 1 heterocycles. The first-order chi connectivity index (χ1) is 19.8. The minimum atomic E-state index is -0.780. The maximum atomic E-state index is 13.0. The maximum Gasteiger partial charge on any atom is 0.330 e. The molecule has 0 aromatic heterocycles. The Morgan fingerprint density at radius 3 is 1.56 bits per heavy atom. The number of nitro benzene ring substituents is 1. The van der Waals surface area contributed by atoms with E-state index in [4.69, 9.17) is 19.2 Å². The molecule has 17 nitrogen and oxygen atoms in total. The van der Waals surface area contributed by atoms with E-state index in [0.717, 1.165) is 0 Å². The van der Waals surface area contributed by atoms with Gasteiger partial charge in [-0.1, -0.05) is 0 Å². The molecule has 0 aliphatic carbocycles. The number of nitro groups is 1. The molecular formula is C25H36GdN6O11. The van der Waals surface area contributed by atoms with Crippen LogP contribution in [0.2, 0.25) is 0 Å². The molecule has 0 radical (unpaired) electrons. The molecule has 1 saturated heterocycles. The van der Waals surface area contributed by atoms with Gasteiger partial charge in [-0.15, -0.1) is 15.2 Å². The van der Waals surface area contributed by atoms with Crippen molar-refractivity contribution >= 4 is 35.5 Å². The van der Waals surface area contributed by atoms with Gasteiger partial charge in [0.1, 0.15) is 12.3 Å². The van der Waals surface area contributed by atoms with Crippen molar-refractivity contribution in [1.82, 2.24) is 25.4 Å². The van der Waals surface area contributed by atoms with Crippen LogP contribution in [0, 0.1) is 50.1 Å². The minimum absolute atomic E-state index is 0. The van der Waals surface area contributed by atoms with Crippen LogP contribution in [0.25, 0.3) is 0 Å². The topological polar surface area (TPSA) is 190 Å². The van der Waals surface area contributed by atoms with Crippen LogP contribution < -0.4 is 10.1 Å². The van der Waals surface area contributed by atoms with E-state index in [0.29, 0.717) is 0 Å². The zero-order valence-electron chi connectivity index (χ0n) is 24.3. The first kappa shape index (κ1) is 38.2. The third-order valence-corrected chi connectivity index (χ3v) is 5.86. The molecule has 43 heavy (non-hydrogen) atoms. The molecule has 2 rings (SSSR count). The second-order valence-electron chi connectivity index (χ2n) is 9.19. The van der Waals surface area contributed by atoms with E-state index < -0.39 is 47.3 Å². The van der Waals surface area contributed by atoms with Crippen molar-refractivity contribution in [2.45, 2.75) is 33.7 Å². The maximum absolute atomic E-state index is 13.0. The molecule has 240 valence electrons. The standard InChI is InChI=1S/C25H36N6O11.Gd/c1-18(25(36)26-17-24(35)39-23-7-5-22(6-8-23)31(37)38)27-9-11-28(40-19(2)32)13-15-30(42-21(4)34)16-14-29(12-10-27)41-20(3)33;/h5-8,18H,9-17H2,1-4H3,(H,26,36);. The molecular weight excluding hydrogens is 718 g/mol. The number of carbonyl (C=O) groups is 5. The van der Waals surface area contributed by atoms with Crippen LogP contribution in [-0.2, 0) is 38.5 Å². The van der Waals surface area contributed by atoms with Crippen molar-refractivity contribution in [2.75, 3.05) is 58.9 Å². The average molecular weight is 754 g/mol. The molecule has 0 spiro atoms. The van der Waals surface area contributed by atoms with Crippen LogP contribution in [0.4, 0.5) is 5.69 Å². The summed E-state index contributed by atoms with van der Waals surface area (Å²) in [7, 11) is 0. The Bertz CT molecular complexity index is 1090. The van der Waals surface area contributed by atoms with Gasteiger partial charge < -0.3 is 24.6 Å². The number of ether oxygens (including phenoxy) is 1. The van der Waals surface area contributed by atoms with Crippen LogP contribution in [0.1, 0.15) is 27.7 Å². The third kappa shape index (κ3) is 14.9. The van der Waals surface area contributed by atoms with Crippen molar-refractivity contribution < 1.29 is 88.1 Å². The van der Waals surface area contributed by atoms with Gasteiger partial charge in [-0.3, -0.25) is 34.2 Å². The van der Waals surface area contributed by atoms with E-state index in [1.807, 2.05) is 0 Å². The van der Waals surface area contributed by atoms with Gasteiger partial charge in [-0.2, -0.15) is 0 Å². The van der Waals surface area contributed by atoms with Crippen LogP contribution in [0.15, 0.2) is 24.3 Å². The molecule has 1 amide bonds. The van der Waals surface area contributed by atoms with Gasteiger partial charge in [0.05, 0.1) is 37.1 Å². The summed E-state index contributed by atoms with van der Waals surface area (Å²) in [4.78, 5) is 87.9. The summed E-state index contributed by atoms with van der Waals surface area (Å²) < 4.78 is 5.12. The largest absolute Gasteiger partial charge is 0.425 e. The van der Waals surface area contributed by atoms with Crippen molar-refractivity contribution in [2.24, 2.45) is 0 Å². The molecule has 1 N–H and O–H groups in total. The van der Waals surface area contributed by atoms with Crippen LogP contribution in [0.5, 0.6) is 5.75 Å². The number of non-ortho nitro benzene ring substituents is 1. The molecule has 1 fully saturated rings. The number of benzene rings is 1. The summed E-state index contributed by atoms with van der Waals surface area (Å²) in [5, 5.41) is 17.4. The van der Waals surface area contributed by atoms with Gasteiger partial charge in [0.2, 0.25) is 5.91 Å². The summed E-state index contributed by atoms with van der Waals surface area (Å²) >= 11 is 0. The monoisotopic (exact) mass is 754 g/mol. The fraction of sp³-hybridized carbons (Fsp3) is 0.560. The molecule has 0 bridgehead atoms. The van der Waals surface area contributed by atoms with Crippen molar-refractivity contribution in [3.8, 4) is 5.75 Å². The molecule has 1 aliphatic rings. The van der Waals surface area contributed by atoms with Gasteiger partial charge >= 0.3 is 23.9 Å². The van der Waals surface area contributed by atoms with Crippen molar-refractivity contribution in [3.63, 3.8) is 0 Å². The zero-order valence-corrected chi connectivity index (χ0v) is 26.6. The molecule has 1 aliphatic heterocycles. The molecule has 18 heteroatoms. The summed E-state index contributed by atoms with van der Waals surface area (Å²) in [5.41, 5.74) is -0.163. The second kappa shape index (κ2) is 19.4. The number of hydrogen-bond acceptors (Lipinski definition) is 15. The summed E-state index contributed by atoms with van der Waals surface area (Å²) in [5.74, 6) is -2.83. The Kier molecular flexibility index (Phi) is 17.2. The average Bonchev–Trinajstić information content (AvgIpc) is 2.90. The van der Waals surface area contributed by atoms with E-state index in [9.17, 15) is 34.1 Å². The number of amides is 1. The summed E-state index contributed by atoms with van der Waals surface area (Å²) in [6.07, 6.45) is 0. The Hall–Kier alpha value is -2.87. The number of hydrogen-bond donors (Lipinski definition) is 1. The van der Waals surface area contributed by atoms with Crippen LogP contribution >= 0.6 is 0 Å². The van der Waals surface area contributed by atoms with Crippen molar-refractivity contribution in [3.05, 3.63) is 34.4 Å². The molecule has 1 unspecified atom stereocenters. The Labute approximate surface area is 280 Å². The van der Waals surface area contributed by atoms with E-state index in [2.05, 4.69) is 5.32 Å². The molecule has 0 saturated carbocycles. The van der Waals surface area contributed by atoms with E-state index in [-0.39, 0.29) is 104 Å². The fourth-order valence-electron chi connectivity index (χ4n) is 3.86. The summed E-state index contributed by atoms with van der Waals surface area (Å²) in [6.45, 7) is 6.43. The van der Waals surface area contributed by atoms with E-state index in [1.165, 1.54) is 60.2 Å². The number of nitrogens with zero attached hydrogens (tertiary/aromatic N) is 5. The summed E-state index contributed by atoms with van der Waals surface area (Å²) in [6, 6.07) is 4.15. The van der Waals surface area contributed by atoms with Gasteiger partial charge in [-0.25, -0.2) is 4.79 Å². The molecule has 1 atom stereocenters. The first-order valence-electron chi connectivity index (χ1n) is 13.1. The third-order valence-electron chi connectivity index (χ3n) is 5.86. The van der Waals surface area contributed by atoms with Gasteiger partial charge in [-0.05, 0) is 19.1 Å². The molecule has 1 aromatic rings. The second-order valence-corrected chi connectivity index (χ2v) is 9.19. The first-order valence-corrected chi connectivity index (χ1v) is 13.1. The predicted octanol–water partition coefficient (Wildman–Crippen LogP) is -0.339. The van der Waals surface area contributed by atoms with Crippen LogP contribution in [0.3, 0.4) is 0 Å². The Morgan fingerprint density at radius 1 is 0.791 bits per heavy atom. The number of nitrogens with one attached hydrogen (secondary N) is 1. The SMILES string of the molecule is CC(=O)ON1CCN(OC(C)=O)CCN(C(C)C(=O)NCC(=O)Oc2ccc([N+](=O)[O-])cc2)CCN(OC(C)=O)CC1.[Gd]. The Morgan fingerprint density at radius 2 is 1.19 bits per heavy atom. The number of hydroxylamine groups is 6. The predicted molar refractivity (Wildman–Crippen MR) is 143 cm³/mol. The van der Waals surface area contributed by atoms with Gasteiger partial charge in [0.15, 0.2) is 0 Å². The fourth-order valence-corrected chi connectivity index (χ4v) is 3.86. The Balaban J connectivity index is 0.00000924. The zero-order chi connectivity index (χ0) is 31.2. The smallest absolute Gasteiger partial charge is 0.330 e. The number of carbonyl (C=O) groups excluding carboxylic acids is 5. The number of esters is 1. The van der Waals surface area contributed by atoms with Gasteiger partial charge in [0.25, 0.3) is 5.69 Å². The minimum Gasteiger partial charge on any atom is -0.425 e. The van der Waals surface area contributed by atoms with Crippen molar-refractivity contribution in [1.29, 1.82) is 0 Å².